The highest BCUT2D eigenvalue weighted by Gasteiger charge is 2.41. The highest BCUT2D eigenvalue weighted by Crippen LogP contribution is 2.21. The summed E-state index contributed by atoms with van der Waals surface area (Å²) in [5.74, 6) is -0.549. The average molecular weight is 369 g/mol. The van der Waals surface area contributed by atoms with Crippen molar-refractivity contribution in [3.05, 3.63) is 0 Å². The van der Waals surface area contributed by atoms with Crippen molar-refractivity contribution in [2.45, 2.75) is 70.9 Å². The molecule has 2 amide bonds. The van der Waals surface area contributed by atoms with Gasteiger partial charge in [0.2, 0.25) is 5.91 Å². The van der Waals surface area contributed by atoms with Gasteiger partial charge in [-0.25, -0.2) is 4.79 Å². The second-order valence-corrected chi connectivity index (χ2v) is 7.44. The molecule has 0 spiro atoms. The monoisotopic (exact) mass is 369 g/mol. The number of carbonyl (C=O) groups is 3. The fourth-order valence-corrected chi connectivity index (χ4v) is 4.00. The van der Waals surface area contributed by atoms with Crippen LogP contribution in [0.5, 0.6) is 0 Å². The maximum Gasteiger partial charge on any atom is 0.401 e. The van der Waals surface area contributed by atoms with Crippen LogP contribution in [0.3, 0.4) is 0 Å². The Morgan fingerprint density at radius 1 is 1.08 bits per heavy atom. The Morgan fingerprint density at radius 2 is 1.65 bits per heavy atom. The maximum atomic E-state index is 13.1. The van der Waals surface area contributed by atoms with Gasteiger partial charge < -0.3 is 4.90 Å². The smallest absolute Gasteiger partial charge is 0.338 e. The second kappa shape index (κ2) is 10.00. The number of Topliss-reactive ketones (excluding diaryl/α,β-unsaturated/α-hetero) is 1. The molecule has 0 N–H and O–H groups in total. The third kappa shape index (κ3) is 5.25. The number of carbonyl (C=O) groups excluding carboxylic acids is 3. The minimum absolute atomic E-state index is 0.0651. The first-order valence-corrected chi connectivity index (χ1v) is 9.98. The molecule has 2 aliphatic heterocycles. The van der Waals surface area contributed by atoms with E-state index < -0.39 is 12.2 Å². The van der Waals surface area contributed by atoms with Crippen molar-refractivity contribution in [1.29, 1.82) is 0 Å². The number of halogens is 1. The molecule has 1 unspecified atom stereocenters. The molecular weight excluding hydrogens is 337 g/mol. The summed E-state index contributed by atoms with van der Waals surface area (Å²) in [5, 5.41) is 0. The van der Waals surface area contributed by atoms with Gasteiger partial charge in [-0.3, -0.25) is 19.4 Å². The molecule has 0 bridgehead atoms. The summed E-state index contributed by atoms with van der Waals surface area (Å²) in [6.45, 7) is 6.87. The standard InChI is InChI=1S/C19H32FN3O3/c1-3-5-7-15(8-6-4-2)21-9-11-22(12-10-21)18(25)17-13-16(24)14-23(17)19(20)26/h15,17H,3-14H2,1-2H3. The highest BCUT2D eigenvalue weighted by molar-refractivity contribution is 5.97. The zero-order valence-electron chi connectivity index (χ0n) is 16.1. The first-order valence-electron chi connectivity index (χ1n) is 9.98. The molecule has 148 valence electrons. The van der Waals surface area contributed by atoms with Crippen molar-refractivity contribution in [3.63, 3.8) is 0 Å². The van der Waals surface area contributed by atoms with E-state index in [0.717, 1.165) is 18.0 Å². The van der Waals surface area contributed by atoms with Gasteiger partial charge in [0.25, 0.3) is 0 Å². The van der Waals surface area contributed by atoms with E-state index in [9.17, 15) is 18.8 Å². The summed E-state index contributed by atoms with van der Waals surface area (Å²) in [6, 6.07) is -0.397. The van der Waals surface area contributed by atoms with Gasteiger partial charge in [-0.2, -0.15) is 0 Å². The lowest BCUT2D eigenvalue weighted by Crippen LogP contribution is -2.55. The molecule has 2 heterocycles. The van der Waals surface area contributed by atoms with E-state index in [4.69, 9.17) is 0 Å². The molecule has 0 aromatic rings. The summed E-state index contributed by atoms with van der Waals surface area (Å²) in [5.41, 5.74) is 0. The van der Waals surface area contributed by atoms with Crippen molar-refractivity contribution < 1.29 is 18.8 Å². The molecule has 2 saturated heterocycles. The third-order valence-electron chi connectivity index (χ3n) is 5.58. The number of rotatable bonds is 8. The minimum Gasteiger partial charge on any atom is -0.338 e. The molecule has 2 rings (SSSR count). The molecule has 0 aromatic heterocycles. The van der Waals surface area contributed by atoms with Crippen molar-refractivity contribution in [2.75, 3.05) is 32.7 Å². The van der Waals surface area contributed by atoms with Crippen LogP contribution >= 0.6 is 0 Å². The predicted molar refractivity (Wildman–Crippen MR) is 97.6 cm³/mol. The zero-order chi connectivity index (χ0) is 19.1. The Labute approximate surface area is 155 Å². The van der Waals surface area contributed by atoms with Gasteiger partial charge in [-0.1, -0.05) is 39.5 Å². The Kier molecular flexibility index (Phi) is 8.00. The van der Waals surface area contributed by atoms with Crippen LogP contribution in [0.1, 0.15) is 58.8 Å². The van der Waals surface area contributed by atoms with Crippen LogP contribution in [0.2, 0.25) is 0 Å². The molecule has 0 aliphatic carbocycles. The van der Waals surface area contributed by atoms with Gasteiger partial charge in [0.15, 0.2) is 5.78 Å². The number of likely N-dealkylation sites (tertiary alicyclic amines) is 1. The molecular formula is C19H32FN3O3. The summed E-state index contributed by atoms with van der Waals surface area (Å²) in [4.78, 5) is 40.2. The maximum absolute atomic E-state index is 13.1. The molecule has 1 atom stereocenters. The van der Waals surface area contributed by atoms with E-state index in [2.05, 4.69) is 18.7 Å². The van der Waals surface area contributed by atoms with Crippen molar-refractivity contribution in [3.8, 4) is 0 Å². The van der Waals surface area contributed by atoms with Gasteiger partial charge in [0, 0.05) is 38.6 Å². The lowest BCUT2D eigenvalue weighted by Gasteiger charge is -2.40. The predicted octanol–water partition coefficient (Wildman–Crippen LogP) is 2.61. The molecule has 2 aliphatic rings. The number of piperazine rings is 1. The molecule has 0 saturated carbocycles. The van der Waals surface area contributed by atoms with E-state index in [1.54, 1.807) is 4.90 Å². The Hall–Kier alpha value is -1.50. The van der Waals surface area contributed by atoms with Gasteiger partial charge in [0.05, 0.1) is 6.54 Å². The fraction of sp³-hybridized carbons (Fsp3) is 0.842. The van der Waals surface area contributed by atoms with Crippen LogP contribution in [0.4, 0.5) is 9.18 Å². The molecule has 7 heteroatoms. The number of ketones is 1. The quantitative estimate of drug-likeness (QED) is 0.487. The van der Waals surface area contributed by atoms with Crippen LogP contribution in [-0.4, -0.2) is 77.4 Å². The second-order valence-electron chi connectivity index (χ2n) is 7.44. The molecule has 26 heavy (non-hydrogen) atoms. The van der Waals surface area contributed by atoms with Gasteiger partial charge in [0.1, 0.15) is 6.04 Å². The van der Waals surface area contributed by atoms with E-state index >= 15 is 0 Å². The molecule has 0 radical (unpaired) electrons. The molecule has 6 nitrogen and oxygen atoms in total. The summed E-state index contributed by atoms with van der Waals surface area (Å²) < 4.78 is 13.1. The average Bonchev–Trinajstić information content (AvgIpc) is 3.03. The SMILES string of the molecule is CCCCC(CCCC)N1CCN(C(=O)C2CC(=O)CN2C(=O)F)CC1. The fourth-order valence-electron chi connectivity index (χ4n) is 4.00. The zero-order valence-corrected chi connectivity index (χ0v) is 16.1. The first-order chi connectivity index (χ1) is 12.5. The lowest BCUT2D eigenvalue weighted by atomic mass is 10.0. The van der Waals surface area contributed by atoms with Crippen LogP contribution in [0.15, 0.2) is 0 Å². The largest absolute Gasteiger partial charge is 0.401 e. The van der Waals surface area contributed by atoms with Crippen LogP contribution < -0.4 is 0 Å². The number of unbranched alkanes of at least 4 members (excludes halogenated alkanes) is 2. The summed E-state index contributed by atoms with van der Waals surface area (Å²) >= 11 is 0. The van der Waals surface area contributed by atoms with E-state index in [1.165, 1.54) is 38.5 Å². The number of amides is 2. The summed E-state index contributed by atoms with van der Waals surface area (Å²) in [7, 11) is 0. The first kappa shape index (κ1) is 20.8. The lowest BCUT2D eigenvalue weighted by molar-refractivity contribution is -0.137. The Morgan fingerprint density at radius 3 is 2.15 bits per heavy atom. The van der Waals surface area contributed by atoms with Crippen LogP contribution in [-0.2, 0) is 9.59 Å². The minimum atomic E-state index is -1.69. The molecule has 0 aromatic carbocycles. The topological polar surface area (TPSA) is 60.9 Å². The molecule has 2 fully saturated rings. The van der Waals surface area contributed by atoms with Gasteiger partial charge >= 0.3 is 6.16 Å². The third-order valence-corrected chi connectivity index (χ3v) is 5.58. The van der Waals surface area contributed by atoms with Crippen molar-refractivity contribution in [1.82, 2.24) is 14.7 Å². The Balaban J connectivity index is 1.90. The Bertz CT molecular complexity index is 498. The number of hydrogen-bond acceptors (Lipinski definition) is 4. The van der Waals surface area contributed by atoms with Crippen molar-refractivity contribution >= 4 is 17.9 Å². The van der Waals surface area contributed by atoms with Crippen LogP contribution in [0.25, 0.3) is 0 Å². The summed E-state index contributed by atoms with van der Waals surface area (Å²) in [6.07, 6.45) is 5.42. The van der Waals surface area contributed by atoms with E-state index in [1.807, 2.05) is 0 Å². The van der Waals surface area contributed by atoms with Gasteiger partial charge in [-0.05, 0) is 12.8 Å². The highest BCUT2D eigenvalue weighted by atomic mass is 19.1. The van der Waals surface area contributed by atoms with Crippen molar-refractivity contribution in [2.24, 2.45) is 0 Å². The van der Waals surface area contributed by atoms with Gasteiger partial charge in [-0.15, -0.1) is 4.39 Å². The normalized spacial score (nSPS) is 21.7. The number of nitrogens with zero attached hydrogens (tertiary/aromatic N) is 3. The van der Waals surface area contributed by atoms with E-state index in [0.29, 0.717) is 19.1 Å². The van der Waals surface area contributed by atoms with Crippen LogP contribution in [0, 0.1) is 0 Å². The number of hydrogen-bond donors (Lipinski definition) is 0. The van der Waals surface area contributed by atoms with E-state index in [-0.39, 0.29) is 24.7 Å².